The van der Waals surface area contributed by atoms with Gasteiger partial charge in [-0.2, -0.15) is 5.26 Å². The maximum absolute atomic E-state index is 12.4. The van der Waals surface area contributed by atoms with E-state index >= 15 is 0 Å². The van der Waals surface area contributed by atoms with Crippen LogP contribution >= 0.6 is 11.6 Å². The van der Waals surface area contributed by atoms with Crippen molar-refractivity contribution >= 4 is 35.1 Å². The molecule has 2 aromatic rings. The Bertz CT molecular complexity index is 936. The Labute approximate surface area is 173 Å². The van der Waals surface area contributed by atoms with Gasteiger partial charge in [0.1, 0.15) is 6.04 Å². The SMILES string of the molecule is CC(C)C(NC(=O)c1ccc(Cl)cc1)C(=O)OCC(=O)Nc1cccc(C#N)c1. The summed E-state index contributed by atoms with van der Waals surface area (Å²) in [6, 6.07) is 13.6. The summed E-state index contributed by atoms with van der Waals surface area (Å²) in [5, 5.41) is 14.5. The number of nitriles is 1. The standard InChI is InChI=1S/C21H20ClN3O4/c1-13(2)19(25-20(27)15-6-8-16(22)9-7-15)21(28)29-12-18(26)24-17-5-3-4-14(10-17)11-23/h3-10,13,19H,12H2,1-2H3,(H,24,26)(H,25,27). The van der Waals surface area contributed by atoms with Crippen molar-refractivity contribution < 1.29 is 19.1 Å². The second kappa shape index (κ2) is 10.2. The molecular weight excluding hydrogens is 394 g/mol. The molecule has 0 heterocycles. The Balaban J connectivity index is 1.93. The van der Waals surface area contributed by atoms with Crippen LogP contribution in [0.15, 0.2) is 48.5 Å². The molecule has 29 heavy (non-hydrogen) atoms. The molecule has 2 amide bonds. The van der Waals surface area contributed by atoms with Crippen LogP contribution < -0.4 is 10.6 Å². The zero-order valence-corrected chi connectivity index (χ0v) is 16.7. The Kier molecular flexibility index (Phi) is 7.75. The van der Waals surface area contributed by atoms with Gasteiger partial charge in [0.25, 0.3) is 11.8 Å². The first-order valence-corrected chi connectivity index (χ1v) is 9.21. The molecule has 0 aromatic heterocycles. The average molecular weight is 414 g/mol. The molecule has 0 radical (unpaired) electrons. The number of rotatable bonds is 7. The molecule has 0 bridgehead atoms. The third-order valence-corrected chi connectivity index (χ3v) is 4.19. The topological polar surface area (TPSA) is 108 Å². The molecule has 8 heteroatoms. The van der Waals surface area contributed by atoms with E-state index in [-0.39, 0.29) is 5.92 Å². The molecule has 0 aliphatic carbocycles. The smallest absolute Gasteiger partial charge is 0.329 e. The largest absolute Gasteiger partial charge is 0.454 e. The minimum atomic E-state index is -0.923. The summed E-state index contributed by atoms with van der Waals surface area (Å²) >= 11 is 5.81. The van der Waals surface area contributed by atoms with Gasteiger partial charge in [-0.3, -0.25) is 9.59 Å². The van der Waals surface area contributed by atoms with E-state index in [4.69, 9.17) is 21.6 Å². The van der Waals surface area contributed by atoms with Gasteiger partial charge in [-0.1, -0.05) is 31.5 Å². The van der Waals surface area contributed by atoms with Crippen molar-refractivity contribution in [2.45, 2.75) is 19.9 Å². The Morgan fingerprint density at radius 1 is 1.14 bits per heavy atom. The quantitative estimate of drug-likeness (QED) is 0.678. The van der Waals surface area contributed by atoms with Gasteiger partial charge >= 0.3 is 5.97 Å². The van der Waals surface area contributed by atoms with Crippen molar-refractivity contribution in [1.29, 1.82) is 5.26 Å². The molecule has 0 aliphatic heterocycles. The summed E-state index contributed by atoms with van der Waals surface area (Å²) in [5.74, 6) is -1.98. The molecule has 0 aliphatic rings. The first kappa shape index (κ1) is 21.9. The lowest BCUT2D eigenvalue weighted by Gasteiger charge is -2.20. The van der Waals surface area contributed by atoms with Crippen LogP contribution in [-0.4, -0.2) is 30.4 Å². The number of carbonyl (C=O) groups is 3. The molecule has 150 valence electrons. The number of nitrogens with one attached hydrogen (secondary N) is 2. The summed E-state index contributed by atoms with van der Waals surface area (Å²) in [5.41, 5.74) is 1.16. The zero-order valence-electron chi connectivity index (χ0n) is 15.9. The van der Waals surface area contributed by atoms with Gasteiger partial charge in [0.05, 0.1) is 11.6 Å². The van der Waals surface area contributed by atoms with Gasteiger partial charge in [0, 0.05) is 16.3 Å². The van der Waals surface area contributed by atoms with Crippen molar-refractivity contribution in [2.75, 3.05) is 11.9 Å². The van der Waals surface area contributed by atoms with Gasteiger partial charge < -0.3 is 15.4 Å². The molecule has 0 saturated heterocycles. The molecule has 1 atom stereocenters. The lowest BCUT2D eigenvalue weighted by molar-refractivity contribution is -0.150. The number of hydrogen-bond donors (Lipinski definition) is 2. The fraction of sp³-hybridized carbons (Fsp3) is 0.238. The number of nitrogens with zero attached hydrogens (tertiary/aromatic N) is 1. The lowest BCUT2D eigenvalue weighted by atomic mass is 10.0. The number of halogens is 1. The van der Waals surface area contributed by atoms with Crippen LogP contribution in [-0.2, 0) is 14.3 Å². The van der Waals surface area contributed by atoms with Gasteiger partial charge in [-0.25, -0.2) is 4.79 Å². The van der Waals surface area contributed by atoms with Gasteiger partial charge in [0.15, 0.2) is 6.61 Å². The van der Waals surface area contributed by atoms with E-state index in [1.807, 2.05) is 6.07 Å². The van der Waals surface area contributed by atoms with Crippen molar-refractivity contribution in [3.8, 4) is 6.07 Å². The number of amides is 2. The number of hydrogen-bond acceptors (Lipinski definition) is 5. The number of esters is 1. The van der Waals surface area contributed by atoms with E-state index in [1.54, 1.807) is 56.3 Å². The van der Waals surface area contributed by atoms with E-state index in [2.05, 4.69) is 10.6 Å². The Morgan fingerprint density at radius 3 is 2.45 bits per heavy atom. The summed E-state index contributed by atoms with van der Waals surface area (Å²) in [7, 11) is 0. The van der Waals surface area contributed by atoms with Gasteiger partial charge in [0.2, 0.25) is 0 Å². The summed E-state index contributed by atoms with van der Waals surface area (Å²) in [4.78, 5) is 36.7. The maximum Gasteiger partial charge on any atom is 0.329 e. The minimum Gasteiger partial charge on any atom is -0.454 e. The fourth-order valence-electron chi connectivity index (χ4n) is 2.41. The summed E-state index contributed by atoms with van der Waals surface area (Å²) in [6.45, 7) is 2.98. The fourth-order valence-corrected chi connectivity index (χ4v) is 2.54. The van der Waals surface area contributed by atoms with Crippen LogP contribution in [0.1, 0.15) is 29.8 Å². The third kappa shape index (κ3) is 6.63. The van der Waals surface area contributed by atoms with Gasteiger partial charge in [-0.05, 0) is 48.4 Å². The van der Waals surface area contributed by atoms with E-state index in [9.17, 15) is 14.4 Å². The highest BCUT2D eigenvalue weighted by atomic mass is 35.5. The Morgan fingerprint density at radius 2 is 1.83 bits per heavy atom. The molecule has 7 nitrogen and oxygen atoms in total. The van der Waals surface area contributed by atoms with Crippen molar-refractivity contribution in [1.82, 2.24) is 5.32 Å². The molecular formula is C21H20ClN3O4. The van der Waals surface area contributed by atoms with E-state index in [1.165, 1.54) is 6.07 Å². The Hall–Kier alpha value is -3.37. The number of benzene rings is 2. The number of anilines is 1. The van der Waals surface area contributed by atoms with E-state index in [0.717, 1.165) is 0 Å². The predicted octanol–water partition coefficient (Wildman–Crippen LogP) is 3.15. The molecule has 0 fully saturated rings. The van der Waals surface area contributed by atoms with Crippen molar-refractivity contribution in [3.63, 3.8) is 0 Å². The highest BCUT2D eigenvalue weighted by Crippen LogP contribution is 2.12. The number of ether oxygens (including phenoxy) is 1. The van der Waals surface area contributed by atoms with Crippen LogP contribution in [0.4, 0.5) is 5.69 Å². The molecule has 1 unspecified atom stereocenters. The maximum atomic E-state index is 12.4. The molecule has 0 spiro atoms. The van der Waals surface area contributed by atoms with Crippen LogP contribution in [0.2, 0.25) is 5.02 Å². The van der Waals surface area contributed by atoms with Crippen LogP contribution in [0.25, 0.3) is 0 Å². The molecule has 2 aromatic carbocycles. The lowest BCUT2D eigenvalue weighted by Crippen LogP contribution is -2.45. The van der Waals surface area contributed by atoms with Crippen molar-refractivity contribution in [2.24, 2.45) is 5.92 Å². The highest BCUT2D eigenvalue weighted by Gasteiger charge is 2.26. The molecule has 2 rings (SSSR count). The normalized spacial score (nSPS) is 11.3. The first-order chi connectivity index (χ1) is 13.8. The highest BCUT2D eigenvalue weighted by molar-refractivity contribution is 6.30. The molecule has 2 N–H and O–H groups in total. The van der Waals surface area contributed by atoms with E-state index in [0.29, 0.717) is 21.8 Å². The van der Waals surface area contributed by atoms with E-state index < -0.39 is 30.4 Å². The van der Waals surface area contributed by atoms with Crippen LogP contribution in [0, 0.1) is 17.2 Å². The summed E-state index contributed by atoms with van der Waals surface area (Å²) in [6.07, 6.45) is 0. The summed E-state index contributed by atoms with van der Waals surface area (Å²) < 4.78 is 5.06. The second-order valence-electron chi connectivity index (χ2n) is 6.55. The average Bonchev–Trinajstić information content (AvgIpc) is 2.70. The van der Waals surface area contributed by atoms with Crippen LogP contribution in [0.5, 0.6) is 0 Å². The first-order valence-electron chi connectivity index (χ1n) is 8.83. The number of carbonyl (C=O) groups excluding carboxylic acids is 3. The zero-order chi connectivity index (χ0) is 21.4. The second-order valence-corrected chi connectivity index (χ2v) is 6.99. The monoisotopic (exact) mass is 413 g/mol. The minimum absolute atomic E-state index is 0.255. The molecule has 0 saturated carbocycles. The van der Waals surface area contributed by atoms with Crippen LogP contribution in [0.3, 0.4) is 0 Å². The third-order valence-electron chi connectivity index (χ3n) is 3.93. The predicted molar refractivity (Wildman–Crippen MR) is 108 cm³/mol. The van der Waals surface area contributed by atoms with Gasteiger partial charge in [-0.15, -0.1) is 0 Å². The van der Waals surface area contributed by atoms with Crippen molar-refractivity contribution in [3.05, 3.63) is 64.7 Å².